The molecule has 27 heavy (non-hydrogen) atoms. The Kier molecular flexibility index (Phi) is 5.28. The van der Waals surface area contributed by atoms with Gasteiger partial charge in [-0.3, -0.25) is 19.1 Å². The van der Waals surface area contributed by atoms with Crippen LogP contribution in [0, 0.1) is 11.7 Å². The third-order valence-electron chi connectivity index (χ3n) is 3.87. The first kappa shape index (κ1) is 18.3. The average Bonchev–Trinajstić information content (AvgIpc) is 2.66. The van der Waals surface area contributed by atoms with Crippen molar-refractivity contribution >= 4 is 24.3 Å². The molecule has 3 rings (SSSR count). The number of aromatic amines is 1. The number of amides is 1. The van der Waals surface area contributed by atoms with Crippen LogP contribution in [0.1, 0.15) is 21.5 Å². The SMILES string of the molecule is Cc1ccccc1-n1c(O)c(/C=N/NC(=O)c2ccccc2)c(=O)[nH]c1=S. The molecule has 0 radical (unpaired) electrons. The number of carbonyl (C=O) groups excluding carboxylic acids is 1. The van der Waals surface area contributed by atoms with Gasteiger partial charge >= 0.3 is 0 Å². The van der Waals surface area contributed by atoms with E-state index in [0.29, 0.717) is 11.3 Å². The molecule has 0 spiro atoms. The van der Waals surface area contributed by atoms with Gasteiger partial charge in [0, 0.05) is 5.56 Å². The van der Waals surface area contributed by atoms with Crippen LogP contribution in [-0.2, 0) is 0 Å². The lowest BCUT2D eigenvalue weighted by Crippen LogP contribution is -2.21. The third-order valence-corrected chi connectivity index (χ3v) is 4.16. The normalized spacial score (nSPS) is 10.9. The van der Waals surface area contributed by atoms with Crippen molar-refractivity contribution in [1.29, 1.82) is 0 Å². The van der Waals surface area contributed by atoms with Crippen molar-refractivity contribution in [2.24, 2.45) is 5.10 Å². The molecular weight excluding hydrogens is 364 g/mol. The van der Waals surface area contributed by atoms with Crippen molar-refractivity contribution in [2.45, 2.75) is 6.92 Å². The molecule has 1 amide bonds. The molecule has 0 aliphatic rings. The molecule has 8 heteroatoms. The van der Waals surface area contributed by atoms with Crippen LogP contribution < -0.4 is 11.0 Å². The van der Waals surface area contributed by atoms with Gasteiger partial charge in [0.25, 0.3) is 11.5 Å². The molecule has 0 bridgehead atoms. The summed E-state index contributed by atoms with van der Waals surface area (Å²) in [6.07, 6.45) is 1.08. The number of aromatic hydroxyl groups is 1. The summed E-state index contributed by atoms with van der Waals surface area (Å²) in [5.41, 5.74) is 3.48. The number of hydrogen-bond acceptors (Lipinski definition) is 5. The van der Waals surface area contributed by atoms with Crippen LogP contribution in [0.15, 0.2) is 64.5 Å². The van der Waals surface area contributed by atoms with E-state index in [2.05, 4.69) is 15.5 Å². The molecular formula is C19H16N4O3S. The predicted molar refractivity (Wildman–Crippen MR) is 105 cm³/mol. The summed E-state index contributed by atoms with van der Waals surface area (Å²) in [5.74, 6) is -0.801. The summed E-state index contributed by atoms with van der Waals surface area (Å²) in [5, 5.41) is 14.4. The van der Waals surface area contributed by atoms with Crippen LogP contribution >= 0.6 is 12.2 Å². The number of H-pyrrole nitrogens is 1. The van der Waals surface area contributed by atoms with Gasteiger partial charge in [-0.15, -0.1) is 0 Å². The van der Waals surface area contributed by atoms with Crippen LogP contribution in [0.5, 0.6) is 5.88 Å². The topological polar surface area (TPSA) is 99.5 Å². The van der Waals surface area contributed by atoms with Gasteiger partial charge in [-0.1, -0.05) is 36.4 Å². The Labute approximate surface area is 159 Å². The second kappa shape index (κ2) is 7.79. The zero-order valence-electron chi connectivity index (χ0n) is 14.3. The van der Waals surface area contributed by atoms with Gasteiger partial charge in [0.15, 0.2) is 4.77 Å². The van der Waals surface area contributed by atoms with Gasteiger partial charge in [0.1, 0.15) is 5.56 Å². The summed E-state index contributed by atoms with van der Waals surface area (Å²) < 4.78 is 1.39. The molecule has 1 aromatic heterocycles. The molecule has 0 aliphatic heterocycles. The fourth-order valence-corrected chi connectivity index (χ4v) is 2.78. The van der Waals surface area contributed by atoms with E-state index < -0.39 is 11.5 Å². The average molecular weight is 380 g/mol. The van der Waals surface area contributed by atoms with Crippen LogP contribution in [0.2, 0.25) is 0 Å². The zero-order chi connectivity index (χ0) is 19.4. The minimum atomic E-state index is -0.611. The van der Waals surface area contributed by atoms with E-state index in [0.717, 1.165) is 11.8 Å². The van der Waals surface area contributed by atoms with Crippen molar-refractivity contribution in [1.82, 2.24) is 15.0 Å². The van der Waals surface area contributed by atoms with Crippen LogP contribution in [0.25, 0.3) is 5.69 Å². The lowest BCUT2D eigenvalue weighted by molar-refractivity contribution is 0.0955. The molecule has 3 N–H and O–H groups in total. The molecule has 0 atom stereocenters. The largest absolute Gasteiger partial charge is 0.494 e. The number of nitrogens with zero attached hydrogens (tertiary/aromatic N) is 2. The second-order valence-electron chi connectivity index (χ2n) is 5.68. The first-order chi connectivity index (χ1) is 13.0. The highest BCUT2D eigenvalue weighted by atomic mass is 32.1. The zero-order valence-corrected chi connectivity index (χ0v) is 15.2. The number of nitrogens with one attached hydrogen (secondary N) is 2. The lowest BCUT2D eigenvalue weighted by Gasteiger charge is -2.13. The van der Waals surface area contributed by atoms with E-state index in [1.165, 1.54) is 4.57 Å². The fourth-order valence-electron chi connectivity index (χ4n) is 2.50. The molecule has 0 aliphatic carbocycles. The van der Waals surface area contributed by atoms with Crippen molar-refractivity contribution < 1.29 is 9.90 Å². The third kappa shape index (κ3) is 3.85. The number of aromatic nitrogens is 2. The summed E-state index contributed by atoms with van der Waals surface area (Å²) in [7, 11) is 0. The van der Waals surface area contributed by atoms with Crippen LogP contribution in [-0.4, -0.2) is 26.8 Å². The highest BCUT2D eigenvalue weighted by molar-refractivity contribution is 7.71. The number of carbonyl (C=O) groups is 1. The Hall–Kier alpha value is -3.52. The molecule has 7 nitrogen and oxygen atoms in total. The number of hydrogen-bond donors (Lipinski definition) is 3. The molecule has 0 unspecified atom stereocenters. The Morgan fingerprint density at radius 1 is 1.19 bits per heavy atom. The minimum absolute atomic E-state index is 0.0530. The van der Waals surface area contributed by atoms with Gasteiger partial charge in [0.2, 0.25) is 5.88 Å². The number of aryl methyl sites for hydroxylation is 1. The predicted octanol–water partition coefficient (Wildman–Crippen LogP) is 2.67. The van der Waals surface area contributed by atoms with E-state index in [9.17, 15) is 14.7 Å². The van der Waals surface area contributed by atoms with E-state index in [-0.39, 0.29) is 16.2 Å². The highest BCUT2D eigenvalue weighted by Crippen LogP contribution is 2.21. The maximum absolute atomic E-state index is 12.2. The second-order valence-corrected chi connectivity index (χ2v) is 6.07. The first-order valence-corrected chi connectivity index (χ1v) is 8.42. The van der Waals surface area contributed by atoms with Gasteiger partial charge in [-0.05, 0) is 42.9 Å². The van der Waals surface area contributed by atoms with E-state index in [1.54, 1.807) is 42.5 Å². The Morgan fingerprint density at radius 3 is 2.56 bits per heavy atom. The summed E-state index contributed by atoms with van der Waals surface area (Å²) in [6, 6.07) is 15.8. The number of para-hydroxylation sites is 1. The molecule has 2 aromatic carbocycles. The van der Waals surface area contributed by atoms with Crippen molar-refractivity contribution in [3.63, 3.8) is 0 Å². The van der Waals surface area contributed by atoms with E-state index in [4.69, 9.17) is 12.2 Å². The first-order valence-electron chi connectivity index (χ1n) is 8.02. The molecule has 0 saturated heterocycles. The Balaban J connectivity index is 1.96. The number of hydrazone groups is 1. The standard InChI is InChI=1S/C19H16N4O3S/c1-12-7-5-6-10-15(12)23-18(26)14(17(25)21-19(23)27)11-20-22-16(24)13-8-3-2-4-9-13/h2-11,26H,1H3,(H,22,24)(H,21,25,27)/b20-11+. The number of rotatable bonds is 4. The fraction of sp³-hybridized carbons (Fsp3) is 0.0526. The summed E-state index contributed by atoms with van der Waals surface area (Å²) in [6.45, 7) is 1.86. The molecule has 0 saturated carbocycles. The van der Waals surface area contributed by atoms with Gasteiger partial charge in [0.05, 0.1) is 11.9 Å². The van der Waals surface area contributed by atoms with Crippen LogP contribution in [0.4, 0.5) is 0 Å². The van der Waals surface area contributed by atoms with Crippen molar-refractivity contribution in [2.75, 3.05) is 0 Å². The molecule has 0 fully saturated rings. The highest BCUT2D eigenvalue weighted by Gasteiger charge is 2.14. The molecule has 1 heterocycles. The van der Waals surface area contributed by atoms with E-state index >= 15 is 0 Å². The monoisotopic (exact) mass is 380 g/mol. The molecule has 136 valence electrons. The minimum Gasteiger partial charge on any atom is -0.494 e. The van der Waals surface area contributed by atoms with Gasteiger partial charge < -0.3 is 5.11 Å². The lowest BCUT2D eigenvalue weighted by atomic mass is 10.2. The Morgan fingerprint density at radius 2 is 1.85 bits per heavy atom. The summed E-state index contributed by atoms with van der Waals surface area (Å²) >= 11 is 5.18. The van der Waals surface area contributed by atoms with Crippen molar-refractivity contribution in [3.05, 3.63) is 86.4 Å². The maximum Gasteiger partial charge on any atom is 0.271 e. The van der Waals surface area contributed by atoms with Crippen LogP contribution in [0.3, 0.4) is 0 Å². The van der Waals surface area contributed by atoms with Gasteiger partial charge in [-0.2, -0.15) is 5.10 Å². The number of benzene rings is 2. The Bertz CT molecular complexity index is 1130. The van der Waals surface area contributed by atoms with E-state index in [1.807, 2.05) is 19.1 Å². The smallest absolute Gasteiger partial charge is 0.271 e. The quantitative estimate of drug-likeness (QED) is 0.368. The van der Waals surface area contributed by atoms with Crippen molar-refractivity contribution in [3.8, 4) is 11.6 Å². The molecule has 3 aromatic rings. The maximum atomic E-state index is 12.2. The summed E-state index contributed by atoms with van der Waals surface area (Å²) in [4.78, 5) is 26.7. The van der Waals surface area contributed by atoms with Gasteiger partial charge in [-0.25, -0.2) is 5.43 Å².